The molecule has 0 amide bonds. The number of hydrogen-bond donors (Lipinski definition) is 1. The topological polar surface area (TPSA) is 59.0 Å². The van der Waals surface area contributed by atoms with E-state index >= 15 is 0 Å². The second-order valence-corrected chi connectivity index (χ2v) is 3.74. The molecule has 2 rings (SSSR count). The number of hydrogen-bond acceptors (Lipinski definition) is 3. The van der Waals surface area contributed by atoms with Gasteiger partial charge in [0, 0.05) is 5.56 Å². The lowest BCUT2D eigenvalue weighted by atomic mass is 10.1. The highest BCUT2D eigenvalue weighted by molar-refractivity contribution is 5.51. The molecule has 0 atom stereocenters. The molecule has 0 aliphatic rings. The molecule has 18 heavy (non-hydrogen) atoms. The van der Waals surface area contributed by atoms with Crippen LogP contribution in [0.15, 0.2) is 42.5 Å². The summed E-state index contributed by atoms with van der Waals surface area (Å²) >= 11 is 0. The number of ether oxygens (including phenoxy) is 1. The number of halogens is 1. The molecule has 0 bridgehead atoms. The molecule has 3 nitrogen and oxygen atoms in total. The summed E-state index contributed by atoms with van der Waals surface area (Å²) in [4.78, 5) is 0. The van der Waals surface area contributed by atoms with Crippen LogP contribution in [0.2, 0.25) is 0 Å². The maximum Gasteiger partial charge on any atom is 0.142 e. The summed E-state index contributed by atoms with van der Waals surface area (Å²) in [5.41, 5.74) is 6.93. The summed E-state index contributed by atoms with van der Waals surface area (Å²) in [7, 11) is 0. The summed E-state index contributed by atoms with van der Waals surface area (Å²) in [6, 6.07) is 13.1. The van der Waals surface area contributed by atoms with Crippen LogP contribution in [0.5, 0.6) is 5.75 Å². The van der Waals surface area contributed by atoms with Gasteiger partial charge in [0.15, 0.2) is 0 Å². The highest BCUT2D eigenvalue weighted by Crippen LogP contribution is 2.21. The molecule has 0 aliphatic carbocycles. The fraction of sp³-hybridized carbons (Fsp3) is 0.0714. The van der Waals surface area contributed by atoms with Gasteiger partial charge in [0.2, 0.25) is 0 Å². The number of nitrogens with two attached hydrogens (primary N) is 1. The van der Waals surface area contributed by atoms with Crippen molar-refractivity contribution in [2.45, 2.75) is 6.61 Å². The molecule has 2 aromatic rings. The van der Waals surface area contributed by atoms with E-state index in [1.54, 1.807) is 24.3 Å². The third-order valence-corrected chi connectivity index (χ3v) is 2.48. The lowest BCUT2D eigenvalue weighted by Crippen LogP contribution is -2.01. The lowest BCUT2D eigenvalue weighted by molar-refractivity contribution is 0.301. The summed E-state index contributed by atoms with van der Waals surface area (Å²) in [6.07, 6.45) is 0. The van der Waals surface area contributed by atoms with E-state index in [1.807, 2.05) is 6.07 Å². The summed E-state index contributed by atoms with van der Waals surface area (Å²) in [5, 5.41) is 8.75. The number of anilines is 1. The predicted molar refractivity (Wildman–Crippen MR) is 66.3 cm³/mol. The monoisotopic (exact) mass is 242 g/mol. The Labute approximate surface area is 104 Å². The largest absolute Gasteiger partial charge is 0.487 e. The van der Waals surface area contributed by atoms with E-state index in [-0.39, 0.29) is 6.61 Å². The Morgan fingerprint density at radius 1 is 1.22 bits per heavy atom. The SMILES string of the molecule is N#Cc1ccc(F)c(COc2ccccc2N)c1. The van der Waals surface area contributed by atoms with Crippen LogP contribution < -0.4 is 10.5 Å². The Bertz CT molecular complexity index is 605. The molecule has 0 radical (unpaired) electrons. The molecule has 0 aromatic heterocycles. The van der Waals surface area contributed by atoms with Crippen LogP contribution in [-0.2, 0) is 6.61 Å². The van der Waals surface area contributed by atoms with Crippen molar-refractivity contribution in [1.29, 1.82) is 5.26 Å². The minimum absolute atomic E-state index is 0.0373. The van der Waals surface area contributed by atoms with Gasteiger partial charge < -0.3 is 10.5 Å². The maximum atomic E-state index is 13.5. The van der Waals surface area contributed by atoms with Crippen molar-refractivity contribution < 1.29 is 9.13 Å². The average molecular weight is 242 g/mol. The molecule has 0 aliphatic heterocycles. The van der Waals surface area contributed by atoms with Gasteiger partial charge in [0.25, 0.3) is 0 Å². The second kappa shape index (κ2) is 5.19. The molecular weight excluding hydrogens is 231 g/mol. The summed E-state index contributed by atoms with van der Waals surface area (Å²) in [5.74, 6) is 0.0998. The number of rotatable bonds is 3. The van der Waals surface area contributed by atoms with Crippen LogP contribution in [0, 0.1) is 17.1 Å². The summed E-state index contributed by atoms with van der Waals surface area (Å²) < 4.78 is 18.9. The van der Waals surface area contributed by atoms with Crippen LogP contribution >= 0.6 is 0 Å². The van der Waals surface area contributed by atoms with Crippen molar-refractivity contribution >= 4 is 5.69 Å². The molecule has 2 aromatic carbocycles. The van der Waals surface area contributed by atoms with Crippen molar-refractivity contribution in [2.24, 2.45) is 0 Å². The number of nitrogen functional groups attached to an aromatic ring is 1. The van der Waals surface area contributed by atoms with E-state index in [2.05, 4.69) is 0 Å². The van der Waals surface area contributed by atoms with Crippen molar-refractivity contribution in [1.82, 2.24) is 0 Å². The molecule has 0 unspecified atom stereocenters. The minimum atomic E-state index is -0.400. The van der Waals surface area contributed by atoms with E-state index < -0.39 is 5.82 Å². The van der Waals surface area contributed by atoms with Gasteiger partial charge in [0.1, 0.15) is 18.2 Å². The molecule has 0 spiro atoms. The van der Waals surface area contributed by atoms with Crippen LogP contribution in [0.4, 0.5) is 10.1 Å². The maximum absolute atomic E-state index is 13.5. The number of para-hydroxylation sites is 2. The first-order chi connectivity index (χ1) is 8.70. The number of nitriles is 1. The molecule has 90 valence electrons. The zero-order chi connectivity index (χ0) is 13.0. The third-order valence-electron chi connectivity index (χ3n) is 2.48. The van der Waals surface area contributed by atoms with Gasteiger partial charge >= 0.3 is 0 Å². The fourth-order valence-corrected chi connectivity index (χ4v) is 1.52. The summed E-state index contributed by atoms with van der Waals surface area (Å²) in [6.45, 7) is 0.0373. The van der Waals surface area contributed by atoms with Crippen molar-refractivity contribution in [3.05, 3.63) is 59.4 Å². The van der Waals surface area contributed by atoms with E-state index in [9.17, 15) is 4.39 Å². The van der Waals surface area contributed by atoms with Gasteiger partial charge in [-0.15, -0.1) is 0 Å². The van der Waals surface area contributed by atoms with Gasteiger partial charge in [-0.1, -0.05) is 12.1 Å². The van der Waals surface area contributed by atoms with E-state index in [1.165, 1.54) is 18.2 Å². The average Bonchev–Trinajstić information content (AvgIpc) is 2.39. The lowest BCUT2D eigenvalue weighted by Gasteiger charge is -2.09. The fourth-order valence-electron chi connectivity index (χ4n) is 1.52. The highest BCUT2D eigenvalue weighted by Gasteiger charge is 2.06. The van der Waals surface area contributed by atoms with Crippen LogP contribution in [0.3, 0.4) is 0 Å². The van der Waals surface area contributed by atoms with Crippen molar-refractivity contribution in [3.8, 4) is 11.8 Å². The predicted octanol–water partition coefficient (Wildman–Crippen LogP) is 2.86. The molecule has 4 heteroatoms. The van der Waals surface area contributed by atoms with E-state index in [0.717, 1.165) is 0 Å². The molecular formula is C14H11FN2O. The first kappa shape index (κ1) is 11.9. The van der Waals surface area contributed by atoms with Crippen molar-refractivity contribution in [3.63, 3.8) is 0 Å². The van der Waals surface area contributed by atoms with Crippen LogP contribution in [0.25, 0.3) is 0 Å². The first-order valence-corrected chi connectivity index (χ1v) is 5.36. The van der Waals surface area contributed by atoms with Gasteiger partial charge in [0.05, 0.1) is 17.3 Å². The van der Waals surface area contributed by atoms with Gasteiger partial charge in [-0.2, -0.15) is 5.26 Å². The normalized spacial score (nSPS) is 9.78. The molecule has 0 fully saturated rings. The molecule has 0 heterocycles. The van der Waals surface area contributed by atoms with Gasteiger partial charge in [-0.3, -0.25) is 0 Å². The quantitative estimate of drug-likeness (QED) is 0.842. The van der Waals surface area contributed by atoms with Gasteiger partial charge in [-0.05, 0) is 30.3 Å². The van der Waals surface area contributed by atoms with Crippen LogP contribution in [-0.4, -0.2) is 0 Å². The standard InChI is InChI=1S/C14H11FN2O/c15-12-6-5-10(8-16)7-11(12)9-18-14-4-2-1-3-13(14)17/h1-7H,9,17H2. The second-order valence-electron chi connectivity index (χ2n) is 3.74. The molecule has 2 N–H and O–H groups in total. The van der Waals surface area contributed by atoms with Crippen LogP contribution in [0.1, 0.15) is 11.1 Å². The Kier molecular flexibility index (Phi) is 3.44. The van der Waals surface area contributed by atoms with Gasteiger partial charge in [-0.25, -0.2) is 4.39 Å². The zero-order valence-electron chi connectivity index (χ0n) is 9.56. The van der Waals surface area contributed by atoms with E-state index in [4.69, 9.17) is 15.7 Å². The minimum Gasteiger partial charge on any atom is -0.487 e. The number of benzene rings is 2. The first-order valence-electron chi connectivity index (χ1n) is 5.36. The number of nitrogens with zero attached hydrogens (tertiary/aromatic N) is 1. The Hall–Kier alpha value is -2.54. The highest BCUT2D eigenvalue weighted by atomic mass is 19.1. The smallest absolute Gasteiger partial charge is 0.142 e. The third kappa shape index (κ3) is 2.58. The molecule has 0 saturated carbocycles. The van der Waals surface area contributed by atoms with E-state index in [0.29, 0.717) is 22.6 Å². The van der Waals surface area contributed by atoms with Crippen molar-refractivity contribution in [2.75, 3.05) is 5.73 Å². The molecule has 0 saturated heterocycles. The Morgan fingerprint density at radius 2 is 2.00 bits per heavy atom. The Balaban J connectivity index is 2.16. The Morgan fingerprint density at radius 3 is 2.72 bits per heavy atom. The zero-order valence-corrected chi connectivity index (χ0v) is 9.56.